The van der Waals surface area contributed by atoms with E-state index in [2.05, 4.69) is 9.97 Å². The number of rotatable bonds is 3. The summed E-state index contributed by atoms with van der Waals surface area (Å²) in [5, 5.41) is 10.7. The van der Waals surface area contributed by atoms with E-state index in [1.54, 1.807) is 33.0 Å². The van der Waals surface area contributed by atoms with Crippen molar-refractivity contribution in [2.75, 3.05) is 0 Å². The Balaban J connectivity index is 3.08. The minimum atomic E-state index is -0.373. The maximum absolute atomic E-state index is 10.7. The summed E-state index contributed by atoms with van der Waals surface area (Å²) in [6.45, 7) is 5.31. The van der Waals surface area contributed by atoms with Gasteiger partial charge in [-0.2, -0.15) is 0 Å². The Morgan fingerprint density at radius 1 is 1.60 bits per heavy atom. The van der Waals surface area contributed by atoms with Gasteiger partial charge in [-0.3, -0.25) is 10.1 Å². The summed E-state index contributed by atoms with van der Waals surface area (Å²) in [4.78, 5) is 18.4. The van der Waals surface area contributed by atoms with Crippen LogP contribution in [0.25, 0.3) is 6.08 Å². The summed E-state index contributed by atoms with van der Waals surface area (Å²) in [7, 11) is 0. The van der Waals surface area contributed by atoms with Crippen LogP contribution in [-0.2, 0) is 0 Å². The summed E-state index contributed by atoms with van der Waals surface area (Å²) < 4.78 is 0. The standard InChI is InChI=1S/C10H13N3O2/c1-7(2)10(13(14)15)6-9-4-5-11-8(3)12-9/h4-7H,1-3H3/b10-6-. The number of allylic oxidation sites excluding steroid dienone is 1. The molecule has 5 nitrogen and oxygen atoms in total. The first-order valence-electron chi connectivity index (χ1n) is 4.66. The van der Waals surface area contributed by atoms with Crippen molar-refractivity contribution in [3.05, 3.63) is 39.6 Å². The zero-order chi connectivity index (χ0) is 11.4. The minimum absolute atomic E-state index is 0.129. The number of nitrogens with zero attached hydrogens (tertiary/aromatic N) is 3. The molecule has 1 aromatic rings. The van der Waals surface area contributed by atoms with Gasteiger partial charge in [-0.15, -0.1) is 0 Å². The van der Waals surface area contributed by atoms with Crippen molar-refractivity contribution in [1.82, 2.24) is 9.97 Å². The third-order valence-electron chi connectivity index (χ3n) is 1.90. The summed E-state index contributed by atoms with van der Waals surface area (Å²) in [6, 6.07) is 1.65. The molecule has 1 heterocycles. The fourth-order valence-electron chi connectivity index (χ4n) is 1.14. The highest BCUT2D eigenvalue weighted by molar-refractivity contribution is 5.46. The highest BCUT2D eigenvalue weighted by Crippen LogP contribution is 2.13. The van der Waals surface area contributed by atoms with E-state index in [1.807, 2.05) is 0 Å². The number of aryl methyl sites for hydroxylation is 1. The van der Waals surface area contributed by atoms with E-state index in [0.717, 1.165) is 0 Å². The van der Waals surface area contributed by atoms with E-state index in [4.69, 9.17) is 0 Å². The first-order chi connectivity index (χ1) is 7.00. The molecule has 0 radical (unpaired) electrons. The highest BCUT2D eigenvalue weighted by atomic mass is 16.6. The van der Waals surface area contributed by atoms with Crippen molar-refractivity contribution in [3.8, 4) is 0 Å². The van der Waals surface area contributed by atoms with Crippen LogP contribution in [0.15, 0.2) is 18.0 Å². The van der Waals surface area contributed by atoms with Gasteiger partial charge in [0.25, 0.3) is 5.70 Å². The lowest BCUT2D eigenvalue weighted by atomic mass is 10.1. The van der Waals surface area contributed by atoms with Crippen molar-refractivity contribution < 1.29 is 4.92 Å². The molecule has 0 atom stereocenters. The third-order valence-corrected chi connectivity index (χ3v) is 1.90. The molecule has 0 spiro atoms. The van der Waals surface area contributed by atoms with E-state index in [9.17, 15) is 10.1 Å². The molecule has 1 aromatic heterocycles. The average molecular weight is 207 g/mol. The molecule has 0 bridgehead atoms. The molecule has 15 heavy (non-hydrogen) atoms. The molecule has 0 saturated carbocycles. The molecule has 0 amide bonds. The topological polar surface area (TPSA) is 68.9 Å². The van der Waals surface area contributed by atoms with Crippen LogP contribution in [-0.4, -0.2) is 14.9 Å². The van der Waals surface area contributed by atoms with Gasteiger partial charge in [0.05, 0.1) is 10.6 Å². The molecule has 1 rings (SSSR count). The first-order valence-corrected chi connectivity index (χ1v) is 4.66. The van der Waals surface area contributed by atoms with Crippen molar-refractivity contribution in [2.24, 2.45) is 5.92 Å². The summed E-state index contributed by atoms with van der Waals surface area (Å²) in [6.07, 6.45) is 3.07. The van der Waals surface area contributed by atoms with E-state index in [0.29, 0.717) is 11.5 Å². The second-order valence-corrected chi connectivity index (χ2v) is 3.51. The second kappa shape index (κ2) is 4.63. The minimum Gasteiger partial charge on any atom is -0.259 e. The zero-order valence-electron chi connectivity index (χ0n) is 8.97. The van der Waals surface area contributed by atoms with Crippen LogP contribution in [0.4, 0.5) is 0 Å². The molecule has 0 aliphatic rings. The highest BCUT2D eigenvalue weighted by Gasteiger charge is 2.15. The lowest BCUT2D eigenvalue weighted by Crippen LogP contribution is -2.05. The SMILES string of the molecule is Cc1nccc(/C=C(/C(C)C)[N+](=O)[O-])n1. The summed E-state index contributed by atoms with van der Waals surface area (Å²) in [5.74, 6) is 0.477. The van der Waals surface area contributed by atoms with Gasteiger partial charge >= 0.3 is 0 Å². The number of hydrogen-bond donors (Lipinski definition) is 0. The fourth-order valence-corrected chi connectivity index (χ4v) is 1.14. The van der Waals surface area contributed by atoms with E-state index in [-0.39, 0.29) is 16.5 Å². The van der Waals surface area contributed by atoms with Gasteiger partial charge in [-0.1, -0.05) is 13.8 Å². The molecule has 0 aromatic carbocycles. The Kier molecular flexibility index (Phi) is 3.49. The zero-order valence-corrected chi connectivity index (χ0v) is 8.97. The molecule has 0 fully saturated rings. The molecule has 0 unspecified atom stereocenters. The maximum Gasteiger partial charge on any atom is 0.250 e. The van der Waals surface area contributed by atoms with Gasteiger partial charge in [0, 0.05) is 18.2 Å². The van der Waals surface area contributed by atoms with Crippen LogP contribution in [0.2, 0.25) is 0 Å². The van der Waals surface area contributed by atoms with Gasteiger partial charge in [-0.25, -0.2) is 9.97 Å². The monoisotopic (exact) mass is 207 g/mol. The van der Waals surface area contributed by atoms with Gasteiger partial charge < -0.3 is 0 Å². The smallest absolute Gasteiger partial charge is 0.250 e. The molecular formula is C10H13N3O2. The van der Waals surface area contributed by atoms with Crippen LogP contribution < -0.4 is 0 Å². The predicted molar refractivity (Wildman–Crippen MR) is 56.6 cm³/mol. The van der Waals surface area contributed by atoms with Crippen molar-refractivity contribution in [2.45, 2.75) is 20.8 Å². The largest absolute Gasteiger partial charge is 0.259 e. The molecule has 0 saturated heterocycles. The second-order valence-electron chi connectivity index (χ2n) is 3.51. The lowest BCUT2D eigenvalue weighted by Gasteiger charge is -2.01. The van der Waals surface area contributed by atoms with E-state index in [1.165, 1.54) is 6.08 Å². The van der Waals surface area contributed by atoms with Crippen LogP contribution in [0, 0.1) is 23.0 Å². The molecule has 0 aliphatic carbocycles. The van der Waals surface area contributed by atoms with Gasteiger partial charge in [0.15, 0.2) is 0 Å². The van der Waals surface area contributed by atoms with E-state index < -0.39 is 0 Å². The van der Waals surface area contributed by atoms with Crippen molar-refractivity contribution in [3.63, 3.8) is 0 Å². The van der Waals surface area contributed by atoms with Gasteiger partial charge in [0.1, 0.15) is 5.82 Å². The maximum atomic E-state index is 10.7. The molecule has 5 heteroatoms. The Hall–Kier alpha value is -1.78. The Morgan fingerprint density at radius 2 is 2.27 bits per heavy atom. The summed E-state index contributed by atoms with van der Waals surface area (Å²) >= 11 is 0. The van der Waals surface area contributed by atoms with Gasteiger partial charge in [0.2, 0.25) is 0 Å². The van der Waals surface area contributed by atoms with Crippen LogP contribution in [0.5, 0.6) is 0 Å². The predicted octanol–water partition coefficient (Wildman–Crippen LogP) is 2.06. The normalized spacial score (nSPS) is 11.9. The van der Waals surface area contributed by atoms with Crippen LogP contribution in [0.3, 0.4) is 0 Å². The quantitative estimate of drug-likeness (QED) is 0.562. The number of nitro groups is 1. The third kappa shape index (κ3) is 3.12. The van der Waals surface area contributed by atoms with Crippen LogP contribution >= 0.6 is 0 Å². The summed E-state index contributed by atoms with van der Waals surface area (Å²) in [5.41, 5.74) is 0.732. The Bertz CT molecular complexity index is 399. The fraction of sp³-hybridized carbons (Fsp3) is 0.400. The molecular weight excluding hydrogens is 194 g/mol. The van der Waals surface area contributed by atoms with Gasteiger partial charge in [-0.05, 0) is 13.0 Å². The lowest BCUT2D eigenvalue weighted by molar-refractivity contribution is -0.431. The average Bonchev–Trinajstić information content (AvgIpc) is 2.13. The van der Waals surface area contributed by atoms with Crippen LogP contribution in [0.1, 0.15) is 25.4 Å². The number of aromatic nitrogens is 2. The Labute approximate surface area is 88.0 Å². The number of hydrogen-bond acceptors (Lipinski definition) is 4. The molecule has 0 aliphatic heterocycles. The van der Waals surface area contributed by atoms with Crippen molar-refractivity contribution >= 4 is 6.08 Å². The van der Waals surface area contributed by atoms with Crippen molar-refractivity contribution in [1.29, 1.82) is 0 Å². The Morgan fingerprint density at radius 3 is 2.73 bits per heavy atom. The molecule has 0 N–H and O–H groups in total. The first kappa shape index (κ1) is 11.3. The van der Waals surface area contributed by atoms with E-state index >= 15 is 0 Å². The molecule has 80 valence electrons.